The summed E-state index contributed by atoms with van der Waals surface area (Å²) in [6.45, 7) is 4.51. The van der Waals surface area contributed by atoms with Gasteiger partial charge in [0.2, 0.25) is 10.0 Å². The molecule has 1 heterocycles. The van der Waals surface area contributed by atoms with Gasteiger partial charge in [-0.1, -0.05) is 25.0 Å². The van der Waals surface area contributed by atoms with Crippen LogP contribution < -0.4 is 4.90 Å². The zero-order valence-corrected chi connectivity index (χ0v) is 18.7. The normalized spacial score (nSPS) is 17.2. The lowest BCUT2D eigenvalue weighted by molar-refractivity contribution is -0.384. The van der Waals surface area contributed by atoms with E-state index in [9.17, 15) is 18.5 Å². The smallest absolute Gasteiger partial charge is 0.269 e. The molecule has 7 nitrogen and oxygen atoms in total. The molecule has 0 radical (unpaired) electrons. The zero-order valence-electron chi connectivity index (χ0n) is 17.9. The molecule has 0 atom stereocenters. The van der Waals surface area contributed by atoms with Gasteiger partial charge in [0.15, 0.2) is 0 Å². The molecular weight excluding hydrogens is 414 g/mol. The third kappa shape index (κ3) is 4.45. The first-order valence-electron chi connectivity index (χ1n) is 11.0. The zero-order chi connectivity index (χ0) is 22.0. The van der Waals surface area contributed by atoms with Crippen molar-refractivity contribution in [3.05, 3.63) is 63.7 Å². The van der Waals surface area contributed by atoms with Gasteiger partial charge in [-0.2, -0.15) is 4.31 Å². The molecule has 0 amide bonds. The van der Waals surface area contributed by atoms with Crippen molar-refractivity contribution in [2.45, 2.75) is 62.9 Å². The topological polar surface area (TPSA) is 83.8 Å². The molecule has 0 saturated heterocycles. The third-order valence-corrected chi connectivity index (χ3v) is 8.38. The number of hydrogen-bond acceptors (Lipinski definition) is 5. The largest absolute Gasteiger partial charge is 0.372 e. The Bertz CT molecular complexity index is 1050. The average Bonchev–Trinajstić information content (AvgIpc) is 3.31. The summed E-state index contributed by atoms with van der Waals surface area (Å²) in [4.78, 5) is 12.9. The SMILES string of the molecule is CCN1CCCc2cc(CN(C3CCCC3)S(=O)(=O)c3ccc([N+](=O)[O-])cc3)ccc21. The Morgan fingerprint density at radius 3 is 2.45 bits per heavy atom. The maximum atomic E-state index is 13.5. The molecule has 0 spiro atoms. The molecular formula is C23H29N3O4S. The van der Waals surface area contributed by atoms with Crippen molar-refractivity contribution in [1.82, 2.24) is 4.31 Å². The van der Waals surface area contributed by atoms with Gasteiger partial charge < -0.3 is 4.90 Å². The number of aryl methyl sites for hydroxylation is 1. The molecule has 2 aromatic rings. The van der Waals surface area contributed by atoms with E-state index in [-0.39, 0.29) is 16.6 Å². The van der Waals surface area contributed by atoms with Crippen molar-refractivity contribution in [3.8, 4) is 0 Å². The van der Waals surface area contributed by atoms with Gasteiger partial charge >= 0.3 is 0 Å². The molecule has 1 fully saturated rings. The van der Waals surface area contributed by atoms with Gasteiger partial charge in [-0.25, -0.2) is 8.42 Å². The first-order valence-corrected chi connectivity index (χ1v) is 12.5. The van der Waals surface area contributed by atoms with Crippen molar-refractivity contribution in [2.24, 2.45) is 0 Å². The van der Waals surface area contributed by atoms with E-state index in [2.05, 4.69) is 24.0 Å². The average molecular weight is 444 g/mol. The second-order valence-electron chi connectivity index (χ2n) is 8.39. The molecule has 2 aromatic carbocycles. The minimum atomic E-state index is -3.76. The van der Waals surface area contributed by atoms with E-state index in [4.69, 9.17) is 0 Å². The molecule has 8 heteroatoms. The van der Waals surface area contributed by atoms with Crippen LogP contribution in [0.15, 0.2) is 47.4 Å². The van der Waals surface area contributed by atoms with Crippen LogP contribution in [0.4, 0.5) is 11.4 Å². The highest BCUT2D eigenvalue weighted by Gasteiger charge is 2.34. The third-order valence-electron chi connectivity index (χ3n) is 6.46. The maximum absolute atomic E-state index is 13.5. The van der Waals surface area contributed by atoms with Gasteiger partial charge in [0.25, 0.3) is 5.69 Å². The maximum Gasteiger partial charge on any atom is 0.269 e. The van der Waals surface area contributed by atoms with Crippen molar-refractivity contribution in [1.29, 1.82) is 0 Å². The fourth-order valence-electron chi connectivity index (χ4n) is 4.81. The summed E-state index contributed by atoms with van der Waals surface area (Å²) in [5, 5.41) is 11.0. The van der Waals surface area contributed by atoms with E-state index in [1.165, 1.54) is 35.5 Å². The first kappa shape index (κ1) is 21.8. The van der Waals surface area contributed by atoms with Crippen molar-refractivity contribution in [3.63, 3.8) is 0 Å². The van der Waals surface area contributed by atoms with E-state index in [0.717, 1.165) is 57.2 Å². The number of nitro groups is 1. The molecule has 0 aromatic heterocycles. The number of anilines is 1. The predicted octanol–water partition coefficient (Wildman–Crippen LogP) is 4.50. The second-order valence-corrected chi connectivity index (χ2v) is 10.3. The highest BCUT2D eigenvalue weighted by Crippen LogP contribution is 2.33. The lowest BCUT2D eigenvalue weighted by Crippen LogP contribution is -2.38. The number of benzene rings is 2. The lowest BCUT2D eigenvalue weighted by Gasteiger charge is -2.32. The molecule has 1 saturated carbocycles. The summed E-state index contributed by atoms with van der Waals surface area (Å²) < 4.78 is 28.7. The van der Waals surface area contributed by atoms with E-state index in [1.54, 1.807) is 4.31 Å². The van der Waals surface area contributed by atoms with Crippen molar-refractivity contribution in [2.75, 3.05) is 18.0 Å². The van der Waals surface area contributed by atoms with Crippen LogP contribution in [-0.4, -0.2) is 36.8 Å². The second kappa shape index (κ2) is 8.96. The molecule has 1 aliphatic heterocycles. The van der Waals surface area contributed by atoms with Crippen LogP contribution >= 0.6 is 0 Å². The first-order chi connectivity index (χ1) is 14.9. The van der Waals surface area contributed by atoms with Crippen molar-refractivity contribution < 1.29 is 13.3 Å². The number of fused-ring (bicyclic) bond motifs is 1. The monoisotopic (exact) mass is 443 g/mol. The summed E-state index contributed by atoms with van der Waals surface area (Å²) in [5.41, 5.74) is 3.42. The van der Waals surface area contributed by atoms with E-state index in [1.807, 2.05) is 6.07 Å². The molecule has 0 bridgehead atoms. The number of hydrogen-bond donors (Lipinski definition) is 0. The molecule has 4 rings (SSSR count). The van der Waals surface area contributed by atoms with Gasteiger partial charge in [0.1, 0.15) is 0 Å². The minimum Gasteiger partial charge on any atom is -0.372 e. The molecule has 0 unspecified atom stereocenters. The molecule has 1 aliphatic carbocycles. The molecule has 0 N–H and O–H groups in total. The van der Waals surface area contributed by atoms with Crippen LogP contribution in [0.2, 0.25) is 0 Å². The number of non-ortho nitro benzene ring substituents is 1. The summed E-state index contributed by atoms with van der Waals surface area (Å²) in [6.07, 6.45) is 5.86. The Morgan fingerprint density at radius 1 is 1.10 bits per heavy atom. The van der Waals surface area contributed by atoms with E-state index in [0.29, 0.717) is 6.54 Å². The summed E-state index contributed by atoms with van der Waals surface area (Å²) >= 11 is 0. The van der Waals surface area contributed by atoms with E-state index >= 15 is 0 Å². The van der Waals surface area contributed by atoms with Gasteiger partial charge in [0, 0.05) is 43.5 Å². The van der Waals surface area contributed by atoms with Crippen LogP contribution in [0.1, 0.15) is 50.2 Å². The predicted molar refractivity (Wildman–Crippen MR) is 121 cm³/mol. The number of nitrogens with zero attached hydrogens (tertiary/aromatic N) is 3. The van der Waals surface area contributed by atoms with Gasteiger partial charge in [-0.15, -0.1) is 0 Å². The fraction of sp³-hybridized carbons (Fsp3) is 0.478. The van der Waals surface area contributed by atoms with E-state index < -0.39 is 14.9 Å². The molecule has 31 heavy (non-hydrogen) atoms. The Kier molecular flexibility index (Phi) is 6.29. The summed E-state index contributed by atoms with van der Waals surface area (Å²) in [6, 6.07) is 11.5. The Morgan fingerprint density at radius 2 is 1.81 bits per heavy atom. The van der Waals surface area contributed by atoms with Crippen LogP contribution in [0.5, 0.6) is 0 Å². The van der Waals surface area contributed by atoms with Crippen LogP contribution in [0.25, 0.3) is 0 Å². The summed E-state index contributed by atoms with van der Waals surface area (Å²) in [7, 11) is -3.76. The quantitative estimate of drug-likeness (QED) is 0.465. The lowest BCUT2D eigenvalue weighted by atomic mass is 9.99. The van der Waals surface area contributed by atoms with Gasteiger partial charge in [-0.3, -0.25) is 10.1 Å². The Balaban J connectivity index is 1.65. The Hall–Kier alpha value is -2.45. The number of sulfonamides is 1. The van der Waals surface area contributed by atoms with Gasteiger partial charge in [0.05, 0.1) is 9.82 Å². The van der Waals surface area contributed by atoms with Crippen LogP contribution in [-0.2, 0) is 23.0 Å². The molecule has 2 aliphatic rings. The number of nitro benzene ring substituents is 1. The van der Waals surface area contributed by atoms with Gasteiger partial charge in [-0.05, 0) is 61.9 Å². The standard InChI is InChI=1S/C23H29N3O4S/c1-2-24-15-5-6-19-16-18(9-14-23(19)24)17-25(20-7-3-4-8-20)31(29,30)22-12-10-21(11-13-22)26(27)28/h9-14,16,20H,2-8,15,17H2,1H3. The minimum absolute atomic E-state index is 0.0386. The number of rotatable bonds is 7. The highest BCUT2D eigenvalue weighted by molar-refractivity contribution is 7.89. The van der Waals surface area contributed by atoms with Crippen LogP contribution in [0, 0.1) is 10.1 Å². The molecule has 166 valence electrons. The summed E-state index contributed by atoms with van der Waals surface area (Å²) in [5.74, 6) is 0. The fourth-order valence-corrected chi connectivity index (χ4v) is 6.49. The van der Waals surface area contributed by atoms with Crippen LogP contribution in [0.3, 0.4) is 0 Å². The van der Waals surface area contributed by atoms with Crippen molar-refractivity contribution >= 4 is 21.4 Å². The highest BCUT2D eigenvalue weighted by atomic mass is 32.2. The Labute approximate surface area is 183 Å².